The predicted molar refractivity (Wildman–Crippen MR) is 126 cm³/mol. The molecular weight excluding hydrogens is 438 g/mol. The van der Waals surface area contributed by atoms with E-state index >= 15 is 0 Å². The van der Waals surface area contributed by atoms with Crippen LogP contribution in [-0.4, -0.2) is 69.6 Å². The van der Waals surface area contributed by atoms with Crippen molar-refractivity contribution in [1.82, 2.24) is 9.80 Å². The molecule has 2 saturated heterocycles. The van der Waals surface area contributed by atoms with Gasteiger partial charge in [-0.1, -0.05) is 18.2 Å². The highest BCUT2D eigenvalue weighted by Gasteiger charge is 2.68. The minimum atomic E-state index is -1.15. The van der Waals surface area contributed by atoms with Crippen LogP contribution in [0, 0.1) is 0 Å². The molecule has 0 unspecified atom stereocenters. The molecule has 1 aromatic rings. The molecule has 0 saturated carbocycles. The van der Waals surface area contributed by atoms with Gasteiger partial charge < -0.3 is 14.6 Å². The van der Waals surface area contributed by atoms with Gasteiger partial charge in [-0.3, -0.25) is 14.7 Å². The first kappa shape index (κ1) is 24.3. The number of likely N-dealkylation sites (tertiary alicyclic amines) is 2. The lowest BCUT2D eigenvalue weighted by atomic mass is 9.85. The second kappa shape index (κ2) is 8.15. The molecule has 2 amide bonds. The Morgan fingerprint density at radius 1 is 0.941 bits per heavy atom. The smallest absolute Gasteiger partial charge is 0.416 e. The van der Waals surface area contributed by atoms with Gasteiger partial charge in [-0.25, -0.2) is 14.4 Å². The predicted octanol–water partition coefficient (Wildman–Crippen LogP) is 4.15. The maximum absolute atomic E-state index is 13.6. The molecule has 2 fully saturated rings. The van der Waals surface area contributed by atoms with Crippen molar-refractivity contribution in [1.29, 1.82) is 0 Å². The van der Waals surface area contributed by atoms with Crippen molar-refractivity contribution in [2.75, 3.05) is 18.0 Å². The minimum Gasteiger partial charge on any atom is -0.480 e. The molecule has 1 aromatic carbocycles. The summed E-state index contributed by atoms with van der Waals surface area (Å²) in [7, 11) is 0. The summed E-state index contributed by atoms with van der Waals surface area (Å²) in [6.45, 7) is 12.0. The van der Waals surface area contributed by atoms with Gasteiger partial charge in [0.15, 0.2) is 0 Å². The number of aliphatic carboxylic acids is 1. The van der Waals surface area contributed by atoms with Crippen LogP contribution in [0.4, 0.5) is 15.3 Å². The van der Waals surface area contributed by atoms with Crippen LogP contribution in [0.3, 0.4) is 0 Å². The Balaban J connectivity index is 1.92. The first-order valence-electron chi connectivity index (χ1n) is 11.9. The van der Waals surface area contributed by atoms with E-state index in [4.69, 9.17) is 9.47 Å². The quantitative estimate of drug-likeness (QED) is 0.689. The molecule has 0 aliphatic carbocycles. The fraction of sp³-hybridized carbons (Fsp3) is 0.640. The number of hydrogen-bond donors (Lipinski definition) is 1. The fourth-order valence-electron chi connectivity index (χ4n) is 5.50. The van der Waals surface area contributed by atoms with E-state index in [1.165, 1.54) is 9.80 Å². The van der Waals surface area contributed by atoms with Crippen molar-refractivity contribution in [3.63, 3.8) is 0 Å². The molecule has 186 valence electrons. The number of carboxylic acids is 1. The molecule has 0 aromatic heterocycles. The lowest BCUT2D eigenvalue weighted by Crippen LogP contribution is -2.61. The number of nitrogens with zero attached hydrogens (tertiary/aromatic N) is 3. The number of para-hydroxylation sites is 1. The first-order valence-corrected chi connectivity index (χ1v) is 11.9. The molecule has 34 heavy (non-hydrogen) atoms. The van der Waals surface area contributed by atoms with E-state index < -0.39 is 47.1 Å². The third kappa shape index (κ3) is 4.00. The van der Waals surface area contributed by atoms with Gasteiger partial charge in [-0.2, -0.15) is 0 Å². The van der Waals surface area contributed by atoms with Crippen molar-refractivity contribution < 1.29 is 29.0 Å². The second-order valence-electron chi connectivity index (χ2n) is 11.3. The summed E-state index contributed by atoms with van der Waals surface area (Å²) in [5.41, 5.74) is -1.01. The molecule has 3 aliphatic heterocycles. The Morgan fingerprint density at radius 3 is 2.06 bits per heavy atom. The van der Waals surface area contributed by atoms with E-state index in [1.54, 1.807) is 41.5 Å². The maximum Gasteiger partial charge on any atom is 0.416 e. The molecule has 3 aliphatic rings. The summed E-state index contributed by atoms with van der Waals surface area (Å²) in [5.74, 6) is -1.12. The van der Waals surface area contributed by atoms with Crippen LogP contribution in [0.15, 0.2) is 24.3 Å². The molecule has 0 spiro atoms. The maximum atomic E-state index is 13.6. The van der Waals surface area contributed by atoms with Gasteiger partial charge in [0.05, 0.1) is 11.2 Å². The van der Waals surface area contributed by atoms with Gasteiger partial charge in [-0.15, -0.1) is 0 Å². The van der Waals surface area contributed by atoms with E-state index in [2.05, 4.69) is 4.90 Å². The standard InChI is InChI=1S/C25H35N3O6/c1-23(2,3)33-21(31)27-17-12-8-7-11-16(17)25(26-13-9-10-14-26)15-18(19(29)30)28(20(25)27)22(32)34-24(4,5)6/h7-8,11-12,18,20H,9-10,13-15H2,1-6H3,(H,29,30)/t18-,20+,25-/m1/s1. The van der Waals surface area contributed by atoms with Gasteiger partial charge in [0.2, 0.25) is 0 Å². The summed E-state index contributed by atoms with van der Waals surface area (Å²) in [6.07, 6.45) is -0.199. The number of anilines is 1. The highest BCUT2D eigenvalue weighted by atomic mass is 16.6. The van der Waals surface area contributed by atoms with Crippen molar-refractivity contribution in [3.05, 3.63) is 29.8 Å². The number of rotatable bonds is 2. The lowest BCUT2D eigenvalue weighted by Gasteiger charge is -2.42. The Morgan fingerprint density at radius 2 is 1.50 bits per heavy atom. The van der Waals surface area contributed by atoms with E-state index in [-0.39, 0.29) is 6.42 Å². The number of carbonyl (C=O) groups is 3. The summed E-state index contributed by atoms with van der Waals surface area (Å²) in [6, 6.07) is 6.33. The van der Waals surface area contributed by atoms with Crippen molar-refractivity contribution in [2.45, 2.75) is 89.8 Å². The molecule has 0 radical (unpaired) electrons. The largest absolute Gasteiger partial charge is 0.480 e. The fourth-order valence-corrected chi connectivity index (χ4v) is 5.50. The van der Waals surface area contributed by atoms with E-state index in [1.807, 2.05) is 24.3 Å². The van der Waals surface area contributed by atoms with Crippen LogP contribution in [0.5, 0.6) is 0 Å². The lowest BCUT2D eigenvalue weighted by molar-refractivity contribution is -0.142. The monoisotopic (exact) mass is 473 g/mol. The van der Waals surface area contributed by atoms with Gasteiger partial charge in [0.25, 0.3) is 0 Å². The van der Waals surface area contributed by atoms with Crippen molar-refractivity contribution in [2.24, 2.45) is 0 Å². The summed E-state index contributed by atoms with van der Waals surface area (Å²) >= 11 is 0. The molecule has 1 N–H and O–H groups in total. The number of benzene rings is 1. The Labute approximate surface area is 200 Å². The molecule has 4 rings (SSSR count). The molecular formula is C25H35N3O6. The average Bonchev–Trinajstić information content (AvgIpc) is 3.38. The number of fused-ring (bicyclic) bond motifs is 3. The highest BCUT2D eigenvalue weighted by Crippen LogP contribution is 2.57. The topological polar surface area (TPSA) is 99.6 Å². The minimum absolute atomic E-state index is 0.155. The first-order chi connectivity index (χ1) is 15.8. The number of hydrogen-bond acceptors (Lipinski definition) is 6. The Hall–Kier alpha value is -2.81. The number of ether oxygens (including phenoxy) is 2. The third-order valence-corrected chi connectivity index (χ3v) is 6.56. The molecule has 3 heterocycles. The van der Waals surface area contributed by atoms with E-state index in [0.29, 0.717) is 5.69 Å². The SMILES string of the molecule is CC(C)(C)OC(=O)N1c2ccccc2[C@]2(N3CCCC3)C[C@H](C(=O)O)N(C(=O)OC(C)(C)C)[C@H]12. The molecule has 0 bridgehead atoms. The van der Waals surface area contributed by atoms with Gasteiger partial charge >= 0.3 is 18.2 Å². The van der Waals surface area contributed by atoms with Crippen molar-refractivity contribution >= 4 is 23.8 Å². The molecule has 9 heteroatoms. The zero-order chi connectivity index (χ0) is 25.1. The number of carboxylic acid groups (broad SMARTS) is 1. The number of carbonyl (C=O) groups excluding carboxylic acids is 2. The van der Waals surface area contributed by atoms with E-state index in [0.717, 1.165) is 31.5 Å². The van der Waals surface area contributed by atoms with Crippen LogP contribution in [0.25, 0.3) is 0 Å². The normalized spacial score (nSPS) is 26.9. The zero-order valence-electron chi connectivity index (χ0n) is 20.8. The third-order valence-electron chi connectivity index (χ3n) is 6.56. The van der Waals surface area contributed by atoms with Crippen LogP contribution in [-0.2, 0) is 19.8 Å². The Bertz CT molecular complexity index is 991. The number of amides is 2. The highest BCUT2D eigenvalue weighted by molar-refractivity contribution is 5.95. The summed E-state index contributed by atoms with van der Waals surface area (Å²) in [4.78, 5) is 44.6. The van der Waals surface area contributed by atoms with Crippen LogP contribution >= 0.6 is 0 Å². The molecule has 3 atom stereocenters. The average molecular weight is 474 g/mol. The second-order valence-corrected chi connectivity index (χ2v) is 11.3. The molecule has 9 nitrogen and oxygen atoms in total. The van der Waals surface area contributed by atoms with Gasteiger partial charge in [0.1, 0.15) is 23.4 Å². The van der Waals surface area contributed by atoms with Crippen LogP contribution in [0.2, 0.25) is 0 Å². The van der Waals surface area contributed by atoms with E-state index in [9.17, 15) is 19.5 Å². The summed E-state index contributed by atoms with van der Waals surface area (Å²) in [5, 5.41) is 10.2. The Kier molecular flexibility index (Phi) is 5.83. The van der Waals surface area contributed by atoms with Crippen molar-refractivity contribution in [3.8, 4) is 0 Å². The van der Waals surface area contributed by atoms with Gasteiger partial charge in [0, 0.05) is 12.0 Å². The van der Waals surface area contributed by atoms with Crippen LogP contribution < -0.4 is 4.90 Å². The van der Waals surface area contributed by atoms with Crippen LogP contribution in [0.1, 0.15) is 66.4 Å². The van der Waals surface area contributed by atoms with Gasteiger partial charge in [-0.05, 0) is 73.5 Å². The zero-order valence-corrected chi connectivity index (χ0v) is 20.8. The summed E-state index contributed by atoms with van der Waals surface area (Å²) < 4.78 is 11.4.